The molecule has 0 atom stereocenters. The van der Waals surface area contributed by atoms with E-state index in [0.717, 1.165) is 30.9 Å². The van der Waals surface area contributed by atoms with Crippen molar-refractivity contribution in [1.29, 1.82) is 0 Å². The van der Waals surface area contributed by atoms with Crippen LogP contribution in [-0.2, 0) is 0 Å². The summed E-state index contributed by atoms with van der Waals surface area (Å²) in [6, 6.07) is 8.09. The van der Waals surface area contributed by atoms with Crippen LogP contribution in [-0.4, -0.2) is 23.7 Å². The predicted octanol–water partition coefficient (Wildman–Crippen LogP) is 2.34. The van der Waals surface area contributed by atoms with Gasteiger partial charge >= 0.3 is 0 Å². The number of thiocarbonyl (C=S) groups is 1. The van der Waals surface area contributed by atoms with Crippen LogP contribution >= 0.6 is 12.2 Å². The Balaban J connectivity index is 2.23. The highest BCUT2D eigenvalue weighted by Gasteiger charge is 2.31. The van der Waals surface area contributed by atoms with Crippen LogP contribution in [0.1, 0.15) is 20.3 Å². The Morgan fingerprint density at radius 2 is 2.18 bits per heavy atom. The Labute approximate surface area is 108 Å². The van der Waals surface area contributed by atoms with E-state index in [4.69, 9.17) is 22.7 Å². The topological polar surface area (TPSA) is 38.5 Å². The first-order valence-electron chi connectivity index (χ1n) is 5.79. The second-order valence-corrected chi connectivity index (χ2v) is 5.49. The molecule has 3 nitrogen and oxygen atoms in total. The number of para-hydroxylation sites is 2. The van der Waals surface area contributed by atoms with E-state index < -0.39 is 0 Å². The lowest BCUT2D eigenvalue weighted by molar-refractivity contribution is 0.105. The summed E-state index contributed by atoms with van der Waals surface area (Å²) in [4.78, 5) is 2.85. The zero-order valence-corrected chi connectivity index (χ0v) is 11.1. The van der Waals surface area contributed by atoms with Crippen molar-refractivity contribution < 1.29 is 4.74 Å². The average molecular weight is 250 g/mol. The fourth-order valence-corrected chi connectivity index (χ4v) is 2.22. The Hall–Kier alpha value is -1.29. The molecule has 0 spiro atoms. The van der Waals surface area contributed by atoms with Crippen LogP contribution in [0.5, 0.6) is 5.75 Å². The van der Waals surface area contributed by atoms with E-state index in [2.05, 4.69) is 24.8 Å². The lowest BCUT2D eigenvalue weighted by Gasteiger charge is -2.40. The van der Waals surface area contributed by atoms with Gasteiger partial charge in [0.1, 0.15) is 11.4 Å². The molecule has 0 amide bonds. The highest BCUT2D eigenvalue weighted by Crippen LogP contribution is 2.36. The maximum atomic E-state index is 5.95. The van der Waals surface area contributed by atoms with Crippen molar-refractivity contribution in [3.63, 3.8) is 0 Å². The fourth-order valence-electron chi connectivity index (χ4n) is 2.12. The summed E-state index contributed by atoms with van der Waals surface area (Å²) in [5.74, 6) is 0.937. The smallest absolute Gasteiger partial charge is 0.143 e. The van der Waals surface area contributed by atoms with Crippen molar-refractivity contribution in [2.45, 2.75) is 25.9 Å². The molecule has 0 saturated heterocycles. The van der Waals surface area contributed by atoms with E-state index >= 15 is 0 Å². The maximum absolute atomic E-state index is 5.95. The van der Waals surface area contributed by atoms with Gasteiger partial charge in [-0.1, -0.05) is 24.4 Å². The zero-order valence-electron chi connectivity index (χ0n) is 10.3. The third-order valence-corrected chi connectivity index (χ3v) is 3.00. The number of benzene rings is 1. The van der Waals surface area contributed by atoms with Gasteiger partial charge in [-0.05, 0) is 26.0 Å². The summed E-state index contributed by atoms with van der Waals surface area (Å²) in [6.45, 7) is 5.89. The van der Waals surface area contributed by atoms with E-state index in [1.54, 1.807) is 0 Å². The molecule has 2 N–H and O–H groups in total. The number of fused-ring (bicyclic) bond motifs is 1. The molecular weight excluding hydrogens is 232 g/mol. The predicted molar refractivity (Wildman–Crippen MR) is 74.8 cm³/mol. The third kappa shape index (κ3) is 2.88. The minimum atomic E-state index is -0.176. The minimum Gasteiger partial charge on any atom is -0.484 e. The van der Waals surface area contributed by atoms with Gasteiger partial charge in [-0.3, -0.25) is 0 Å². The molecule has 1 aliphatic rings. The number of hydrogen-bond donors (Lipinski definition) is 1. The summed E-state index contributed by atoms with van der Waals surface area (Å²) < 4.78 is 5.95. The molecule has 0 unspecified atom stereocenters. The van der Waals surface area contributed by atoms with Crippen LogP contribution in [0.3, 0.4) is 0 Å². The summed E-state index contributed by atoms with van der Waals surface area (Å²) in [6.07, 6.45) is 0.736. The van der Waals surface area contributed by atoms with Gasteiger partial charge in [0.2, 0.25) is 0 Å². The summed E-state index contributed by atoms with van der Waals surface area (Å²) >= 11 is 4.94. The van der Waals surface area contributed by atoms with E-state index in [1.165, 1.54) is 0 Å². The Bertz CT molecular complexity index is 431. The van der Waals surface area contributed by atoms with Crippen molar-refractivity contribution in [3.05, 3.63) is 24.3 Å². The molecule has 92 valence electrons. The van der Waals surface area contributed by atoms with Crippen molar-refractivity contribution in [2.75, 3.05) is 18.0 Å². The van der Waals surface area contributed by atoms with Gasteiger partial charge < -0.3 is 15.4 Å². The molecule has 0 bridgehead atoms. The number of nitrogens with two attached hydrogens (primary N) is 1. The molecule has 4 heteroatoms. The van der Waals surface area contributed by atoms with Crippen molar-refractivity contribution in [2.24, 2.45) is 5.73 Å². The van der Waals surface area contributed by atoms with Crippen molar-refractivity contribution >= 4 is 22.9 Å². The highest BCUT2D eigenvalue weighted by atomic mass is 32.1. The van der Waals surface area contributed by atoms with E-state index in [9.17, 15) is 0 Å². The molecule has 0 aromatic heterocycles. The van der Waals surface area contributed by atoms with Gasteiger partial charge in [0.25, 0.3) is 0 Å². The van der Waals surface area contributed by atoms with Gasteiger partial charge in [0.05, 0.1) is 17.2 Å². The van der Waals surface area contributed by atoms with Gasteiger partial charge in [0, 0.05) is 13.0 Å². The Kier molecular flexibility index (Phi) is 3.24. The van der Waals surface area contributed by atoms with Crippen LogP contribution in [0.4, 0.5) is 5.69 Å². The quantitative estimate of drug-likeness (QED) is 0.836. The third-order valence-electron chi connectivity index (χ3n) is 2.79. The molecular formula is C13H18N2OS. The molecule has 1 heterocycles. The van der Waals surface area contributed by atoms with Crippen molar-refractivity contribution in [3.8, 4) is 5.75 Å². The van der Waals surface area contributed by atoms with Gasteiger partial charge in [0.15, 0.2) is 0 Å². The second kappa shape index (κ2) is 4.53. The molecule has 1 aliphatic heterocycles. The van der Waals surface area contributed by atoms with Gasteiger partial charge in [-0.2, -0.15) is 0 Å². The van der Waals surface area contributed by atoms with Gasteiger partial charge in [-0.25, -0.2) is 0 Å². The number of ether oxygens (including phenoxy) is 1. The first-order valence-corrected chi connectivity index (χ1v) is 6.20. The van der Waals surface area contributed by atoms with Crippen LogP contribution in [0.15, 0.2) is 24.3 Å². The average Bonchev–Trinajstić information content (AvgIpc) is 2.24. The second-order valence-electron chi connectivity index (χ2n) is 4.97. The molecule has 1 aromatic carbocycles. The lowest BCUT2D eigenvalue weighted by atomic mass is 10.0. The minimum absolute atomic E-state index is 0.176. The molecule has 0 radical (unpaired) electrons. The monoisotopic (exact) mass is 250 g/mol. The van der Waals surface area contributed by atoms with Crippen LogP contribution in [0.2, 0.25) is 0 Å². The normalized spacial score (nSPS) is 17.2. The van der Waals surface area contributed by atoms with E-state index in [1.807, 2.05) is 18.2 Å². The summed E-state index contributed by atoms with van der Waals surface area (Å²) in [5.41, 5.74) is 6.52. The fraction of sp³-hybridized carbons (Fsp3) is 0.462. The lowest BCUT2D eigenvalue weighted by Crippen LogP contribution is -2.47. The Morgan fingerprint density at radius 1 is 1.47 bits per heavy atom. The summed E-state index contributed by atoms with van der Waals surface area (Å²) in [5, 5.41) is 0. The molecule has 1 aromatic rings. The standard InChI is InChI=1S/C13H18N2OS/c1-13(2)9-15(8-7-12(14)17)10-5-3-4-6-11(10)16-13/h3-6H,7-9H2,1-2H3,(H2,14,17). The number of nitrogens with zero attached hydrogens (tertiary/aromatic N) is 1. The molecule has 0 aliphatic carbocycles. The van der Waals surface area contributed by atoms with Crippen LogP contribution in [0, 0.1) is 0 Å². The number of hydrogen-bond acceptors (Lipinski definition) is 3. The first-order chi connectivity index (χ1) is 7.98. The first kappa shape index (κ1) is 12.2. The van der Waals surface area contributed by atoms with E-state index in [0.29, 0.717) is 4.99 Å². The largest absolute Gasteiger partial charge is 0.484 e. The molecule has 0 fully saturated rings. The molecule has 0 saturated carbocycles. The van der Waals surface area contributed by atoms with Crippen molar-refractivity contribution in [1.82, 2.24) is 0 Å². The number of rotatable bonds is 3. The maximum Gasteiger partial charge on any atom is 0.143 e. The van der Waals surface area contributed by atoms with Crippen LogP contribution < -0.4 is 15.4 Å². The summed E-state index contributed by atoms with van der Waals surface area (Å²) in [7, 11) is 0. The van der Waals surface area contributed by atoms with Crippen LogP contribution in [0.25, 0.3) is 0 Å². The molecule has 17 heavy (non-hydrogen) atoms. The zero-order chi connectivity index (χ0) is 12.5. The van der Waals surface area contributed by atoms with E-state index in [-0.39, 0.29) is 5.60 Å². The SMILES string of the molecule is CC1(C)CN(CCC(N)=S)c2ccccc2O1. The number of anilines is 1. The highest BCUT2D eigenvalue weighted by molar-refractivity contribution is 7.80. The van der Waals surface area contributed by atoms with Gasteiger partial charge in [-0.15, -0.1) is 0 Å². The molecule has 2 rings (SSSR count). The Morgan fingerprint density at radius 3 is 2.88 bits per heavy atom.